The standard InChI is InChI=1S/C19H22N2O7S/c1-26-16-10-9-15(11-17(16)27-2)21(29(4,24)25)12-18(22)20-14-7-5-13(6-8-14)19(23)28-3/h5-11H,12H2,1-4H3,(H,20,22). The number of sulfonamides is 1. The Morgan fingerprint density at radius 3 is 2.10 bits per heavy atom. The van der Waals surface area contributed by atoms with Gasteiger partial charge in [0.2, 0.25) is 15.9 Å². The smallest absolute Gasteiger partial charge is 0.337 e. The monoisotopic (exact) mass is 422 g/mol. The topological polar surface area (TPSA) is 111 Å². The number of benzene rings is 2. The maximum atomic E-state index is 12.4. The number of amides is 1. The minimum atomic E-state index is -3.76. The summed E-state index contributed by atoms with van der Waals surface area (Å²) in [4.78, 5) is 23.9. The lowest BCUT2D eigenvalue weighted by atomic mass is 10.2. The summed E-state index contributed by atoms with van der Waals surface area (Å²) in [5.41, 5.74) is 0.985. The van der Waals surface area contributed by atoms with Crippen LogP contribution in [0.2, 0.25) is 0 Å². The van der Waals surface area contributed by atoms with Gasteiger partial charge in [0.1, 0.15) is 6.54 Å². The quantitative estimate of drug-likeness (QED) is 0.647. The van der Waals surface area contributed by atoms with Crippen LogP contribution >= 0.6 is 0 Å². The van der Waals surface area contributed by atoms with E-state index < -0.39 is 28.4 Å². The van der Waals surface area contributed by atoms with Gasteiger partial charge < -0.3 is 19.5 Å². The third kappa shape index (κ3) is 5.61. The molecule has 2 aromatic carbocycles. The molecule has 0 aliphatic rings. The van der Waals surface area contributed by atoms with Gasteiger partial charge in [-0.3, -0.25) is 9.10 Å². The molecule has 0 spiro atoms. The van der Waals surface area contributed by atoms with E-state index in [1.807, 2.05) is 0 Å². The van der Waals surface area contributed by atoms with Crippen LogP contribution in [-0.4, -0.2) is 54.4 Å². The minimum absolute atomic E-state index is 0.251. The Morgan fingerprint density at radius 2 is 1.59 bits per heavy atom. The van der Waals surface area contributed by atoms with E-state index in [4.69, 9.17) is 9.47 Å². The Balaban J connectivity index is 2.21. The van der Waals surface area contributed by atoms with E-state index in [2.05, 4.69) is 10.1 Å². The van der Waals surface area contributed by atoms with Crippen LogP contribution in [0.15, 0.2) is 42.5 Å². The normalized spacial score (nSPS) is 10.8. The van der Waals surface area contributed by atoms with Gasteiger partial charge in [-0.1, -0.05) is 0 Å². The molecule has 0 heterocycles. The van der Waals surface area contributed by atoms with Gasteiger partial charge in [0.25, 0.3) is 0 Å². The van der Waals surface area contributed by atoms with Crippen molar-refractivity contribution in [3.63, 3.8) is 0 Å². The van der Waals surface area contributed by atoms with Gasteiger partial charge in [0.15, 0.2) is 11.5 Å². The van der Waals surface area contributed by atoms with E-state index in [0.29, 0.717) is 22.7 Å². The highest BCUT2D eigenvalue weighted by Gasteiger charge is 2.22. The number of carbonyl (C=O) groups is 2. The number of hydrogen-bond acceptors (Lipinski definition) is 7. The second-order valence-corrected chi connectivity index (χ2v) is 7.83. The molecule has 0 unspecified atom stereocenters. The second-order valence-electron chi connectivity index (χ2n) is 5.93. The Labute approximate surface area is 169 Å². The van der Waals surface area contributed by atoms with Crippen molar-refractivity contribution in [3.8, 4) is 11.5 Å². The van der Waals surface area contributed by atoms with Crippen molar-refractivity contribution in [3.05, 3.63) is 48.0 Å². The number of rotatable bonds is 8. The molecule has 1 N–H and O–H groups in total. The third-order valence-corrected chi connectivity index (χ3v) is 5.07. The molecule has 29 heavy (non-hydrogen) atoms. The molecule has 156 valence electrons. The summed E-state index contributed by atoms with van der Waals surface area (Å²) in [7, 11) is 0.404. The number of hydrogen-bond donors (Lipinski definition) is 1. The summed E-state index contributed by atoms with van der Waals surface area (Å²) >= 11 is 0. The fourth-order valence-corrected chi connectivity index (χ4v) is 3.37. The number of nitrogens with zero attached hydrogens (tertiary/aromatic N) is 1. The van der Waals surface area contributed by atoms with Crippen molar-refractivity contribution in [2.24, 2.45) is 0 Å². The molecule has 0 atom stereocenters. The van der Waals surface area contributed by atoms with Gasteiger partial charge in [-0.2, -0.15) is 0 Å². The van der Waals surface area contributed by atoms with Crippen molar-refractivity contribution in [2.75, 3.05) is 43.8 Å². The van der Waals surface area contributed by atoms with Crippen LogP contribution in [0.1, 0.15) is 10.4 Å². The van der Waals surface area contributed by atoms with Gasteiger partial charge in [0.05, 0.1) is 38.8 Å². The van der Waals surface area contributed by atoms with Crippen molar-refractivity contribution >= 4 is 33.3 Å². The van der Waals surface area contributed by atoms with Crippen molar-refractivity contribution in [2.45, 2.75) is 0 Å². The maximum Gasteiger partial charge on any atom is 0.337 e. The molecule has 0 aromatic heterocycles. The molecule has 9 nitrogen and oxygen atoms in total. The first-order valence-electron chi connectivity index (χ1n) is 8.37. The highest BCUT2D eigenvalue weighted by atomic mass is 32.2. The first kappa shape index (κ1) is 22.0. The molecular weight excluding hydrogens is 400 g/mol. The number of methoxy groups -OCH3 is 3. The summed E-state index contributed by atoms with van der Waals surface area (Å²) in [5, 5.41) is 2.60. The van der Waals surface area contributed by atoms with E-state index in [-0.39, 0.29) is 5.69 Å². The maximum absolute atomic E-state index is 12.4. The van der Waals surface area contributed by atoms with E-state index >= 15 is 0 Å². The molecular formula is C19H22N2O7S. The minimum Gasteiger partial charge on any atom is -0.493 e. The number of ether oxygens (including phenoxy) is 3. The van der Waals surface area contributed by atoms with E-state index in [1.54, 1.807) is 6.07 Å². The van der Waals surface area contributed by atoms with Crippen molar-refractivity contribution in [1.29, 1.82) is 0 Å². The number of carbonyl (C=O) groups excluding carboxylic acids is 2. The Kier molecular flexibility index (Phi) is 7.05. The van der Waals surface area contributed by atoms with Gasteiger partial charge in [-0.25, -0.2) is 13.2 Å². The SMILES string of the molecule is COC(=O)c1ccc(NC(=O)CN(c2ccc(OC)c(OC)c2)S(C)(=O)=O)cc1. The summed E-state index contributed by atoms with van der Waals surface area (Å²) in [6, 6.07) is 10.6. The van der Waals surface area contributed by atoms with Crippen LogP contribution in [-0.2, 0) is 19.6 Å². The lowest BCUT2D eigenvalue weighted by Crippen LogP contribution is -2.37. The molecule has 1 amide bonds. The molecule has 0 saturated carbocycles. The fourth-order valence-electron chi connectivity index (χ4n) is 2.52. The number of anilines is 2. The first-order chi connectivity index (χ1) is 13.7. The Bertz CT molecular complexity index is 988. The summed E-state index contributed by atoms with van der Waals surface area (Å²) < 4.78 is 40.4. The predicted octanol–water partition coefficient (Wildman–Crippen LogP) is 1.90. The molecule has 2 aromatic rings. The lowest BCUT2D eigenvalue weighted by Gasteiger charge is -2.23. The van der Waals surface area contributed by atoms with Gasteiger partial charge in [-0.05, 0) is 36.4 Å². The lowest BCUT2D eigenvalue weighted by molar-refractivity contribution is -0.114. The van der Waals surface area contributed by atoms with E-state index in [1.165, 1.54) is 57.7 Å². The van der Waals surface area contributed by atoms with Crippen LogP contribution in [0.3, 0.4) is 0 Å². The summed E-state index contributed by atoms with van der Waals surface area (Å²) in [6.07, 6.45) is 1.00. The van der Waals surface area contributed by atoms with Gasteiger partial charge in [0, 0.05) is 11.8 Å². The second kappa shape index (κ2) is 9.28. The Morgan fingerprint density at radius 1 is 0.966 bits per heavy atom. The molecule has 0 radical (unpaired) electrons. The Hall–Kier alpha value is -3.27. The zero-order valence-corrected chi connectivity index (χ0v) is 17.3. The first-order valence-corrected chi connectivity index (χ1v) is 10.2. The molecule has 0 fully saturated rings. The molecule has 0 bridgehead atoms. The highest BCUT2D eigenvalue weighted by Crippen LogP contribution is 2.32. The van der Waals surface area contributed by atoms with Crippen LogP contribution in [0.25, 0.3) is 0 Å². The average Bonchev–Trinajstić information content (AvgIpc) is 2.70. The van der Waals surface area contributed by atoms with Crippen LogP contribution in [0.4, 0.5) is 11.4 Å². The van der Waals surface area contributed by atoms with Gasteiger partial charge in [-0.15, -0.1) is 0 Å². The van der Waals surface area contributed by atoms with E-state index in [0.717, 1.165) is 10.6 Å². The predicted molar refractivity (Wildman–Crippen MR) is 108 cm³/mol. The molecule has 2 rings (SSSR count). The van der Waals surface area contributed by atoms with Gasteiger partial charge >= 0.3 is 5.97 Å². The van der Waals surface area contributed by atoms with E-state index in [9.17, 15) is 18.0 Å². The van der Waals surface area contributed by atoms with Crippen LogP contribution in [0, 0.1) is 0 Å². The van der Waals surface area contributed by atoms with Crippen LogP contribution < -0.4 is 19.1 Å². The average molecular weight is 422 g/mol. The molecule has 10 heteroatoms. The highest BCUT2D eigenvalue weighted by molar-refractivity contribution is 7.92. The number of nitrogens with one attached hydrogen (secondary N) is 1. The molecule has 0 saturated heterocycles. The zero-order valence-electron chi connectivity index (χ0n) is 16.5. The fraction of sp³-hybridized carbons (Fsp3) is 0.263. The zero-order chi connectivity index (χ0) is 21.6. The largest absolute Gasteiger partial charge is 0.493 e. The summed E-state index contributed by atoms with van der Waals surface area (Å²) in [5.74, 6) is -0.298. The van der Waals surface area contributed by atoms with Crippen LogP contribution in [0.5, 0.6) is 11.5 Å². The molecule has 0 aliphatic carbocycles. The van der Waals surface area contributed by atoms with Crippen molar-refractivity contribution in [1.82, 2.24) is 0 Å². The summed E-state index contributed by atoms with van der Waals surface area (Å²) in [6.45, 7) is -0.451. The number of esters is 1. The molecule has 0 aliphatic heterocycles. The third-order valence-electron chi connectivity index (χ3n) is 3.93. The van der Waals surface area contributed by atoms with Crippen molar-refractivity contribution < 1.29 is 32.2 Å².